The van der Waals surface area contributed by atoms with Crippen LogP contribution in [0.25, 0.3) is 0 Å². The van der Waals surface area contributed by atoms with Crippen LogP contribution in [-0.2, 0) is 6.54 Å². The third-order valence-electron chi connectivity index (χ3n) is 2.48. The van der Waals surface area contributed by atoms with Crippen molar-refractivity contribution in [3.8, 4) is 5.75 Å². The van der Waals surface area contributed by atoms with Crippen molar-refractivity contribution in [1.82, 2.24) is 4.90 Å². The summed E-state index contributed by atoms with van der Waals surface area (Å²) in [6.07, 6.45) is 0. The summed E-state index contributed by atoms with van der Waals surface area (Å²) in [6.45, 7) is 3.41. The zero-order valence-electron chi connectivity index (χ0n) is 9.77. The Morgan fingerprint density at radius 1 is 1.56 bits per heavy atom. The van der Waals surface area contributed by atoms with Gasteiger partial charge in [0.25, 0.3) is 0 Å². The van der Waals surface area contributed by atoms with Crippen molar-refractivity contribution in [2.75, 3.05) is 13.6 Å². The number of amidine groups is 1. The molecular formula is C12H19N3O. The smallest absolute Gasteiger partial charge is 0.115 e. The lowest BCUT2D eigenvalue weighted by Crippen LogP contribution is -2.31. The van der Waals surface area contributed by atoms with Crippen LogP contribution in [0.2, 0.25) is 0 Å². The van der Waals surface area contributed by atoms with Crippen molar-refractivity contribution in [2.24, 2.45) is 11.7 Å². The van der Waals surface area contributed by atoms with Crippen molar-refractivity contribution in [3.63, 3.8) is 0 Å². The normalized spacial score (nSPS) is 12.7. The second kappa shape index (κ2) is 5.51. The summed E-state index contributed by atoms with van der Waals surface area (Å²) in [5, 5.41) is 16.6. The number of hydrogen-bond acceptors (Lipinski definition) is 3. The molecule has 0 saturated heterocycles. The first-order chi connectivity index (χ1) is 7.49. The van der Waals surface area contributed by atoms with E-state index in [0.717, 1.165) is 18.7 Å². The van der Waals surface area contributed by atoms with Crippen molar-refractivity contribution in [3.05, 3.63) is 29.8 Å². The van der Waals surface area contributed by atoms with Gasteiger partial charge in [-0.3, -0.25) is 5.41 Å². The Morgan fingerprint density at radius 2 is 2.25 bits per heavy atom. The van der Waals surface area contributed by atoms with Crippen molar-refractivity contribution in [2.45, 2.75) is 13.5 Å². The lowest BCUT2D eigenvalue weighted by atomic mass is 10.1. The molecule has 1 aromatic rings. The largest absolute Gasteiger partial charge is 0.508 e. The topological polar surface area (TPSA) is 73.3 Å². The van der Waals surface area contributed by atoms with Gasteiger partial charge in [-0.2, -0.15) is 0 Å². The summed E-state index contributed by atoms with van der Waals surface area (Å²) in [6, 6.07) is 7.19. The first-order valence-corrected chi connectivity index (χ1v) is 5.29. The predicted octanol–water partition coefficient (Wildman–Crippen LogP) is 1.40. The number of phenolic OH excluding ortho intramolecular Hbond substituents is 1. The van der Waals surface area contributed by atoms with Gasteiger partial charge in [0, 0.05) is 19.0 Å². The first-order valence-electron chi connectivity index (χ1n) is 5.29. The lowest BCUT2D eigenvalue weighted by molar-refractivity contribution is 0.306. The molecule has 0 bridgehead atoms. The summed E-state index contributed by atoms with van der Waals surface area (Å²) in [4.78, 5) is 2.08. The molecule has 4 heteroatoms. The van der Waals surface area contributed by atoms with Gasteiger partial charge in [-0.05, 0) is 24.7 Å². The highest BCUT2D eigenvalue weighted by atomic mass is 16.3. The molecule has 1 atom stereocenters. The molecule has 0 spiro atoms. The molecule has 0 amide bonds. The average molecular weight is 221 g/mol. The second-order valence-corrected chi connectivity index (χ2v) is 4.22. The van der Waals surface area contributed by atoms with Crippen molar-refractivity contribution < 1.29 is 5.11 Å². The van der Waals surface area contributed by atoms with Gasteiger partial charge in [-0.25, -0.2) is 0 Å². The minimum absolute atomic E-state index is 0.0577. The van der Waals surface area contributed by atoms with E-state index in [9.17, 15) is 5.11 Å². The highest BCUT2D eigenvalue weighted by Crippen LogP contribution is 2.12. The molecule has 1 aromatic carbocycles. The Kier molecular flexibility index (Phi) is 4.31. The Bertz CT molecular complexity index is 365. The van der Waals surface area contributed by atoms with Crippen LogP contribution in [0.15, 0.2) is 24.3 Å². The van der Waals surface area contributed by atoms with Crippen LogP contribution in [0.1, 0.15) is 12.5 Å². The van der Waals surface area contributed by atoms with E-state index in [1.54, 1.807) is 12.1 Å². The molecule has 0 aromatic heterocycles. The molecule has 16 heavy (non-hydrogen) atoms. The maximum Gasteiger partial charge on any atom is 0.115 e. The molecular weight excluding hydrogens is 202 g/mol. The zero-order valence-corrected chi connectivity index (χ0v) is 9.77. The Hall–Kier alpha value is -1.55. The minimum atomic E-state index is 0.0577. The quantitative estimate of drug-likeness (QED) is 0.519. The number of benzene rings is 1. The Labute approximate surface area is 96.2 Å². The fourth-order valence-electron chi connectivity index (χ4n) is 1.60. The third-order valence-corrected chi connectivity index (χ3v) is 2.48. The highest BCUT2D eigenvalue weighted by Gasteiger charge is 2.09. The molecule has 0 saturated carbocycles. The summed E-state index contributed by atoms with van der Waals surface area (Å²) >= 11 is 0. The molecule has 0 heterocycles. The maximum atomic E-state index is 9.32. The van der Waals surface area contributed by atoms with Crippen LogP contribution in [0.4, 0.5) is 0 Å². The fourth-order valence-corrected chi connectivity index (χ4v) is 1.60. The maximum absolute atomic E-state index is 9.32. The van der Waals surface area contributed by atoms with E-state index in [-0.39, 0.29) is 17.5 Å². The molecule has 1 unspecified atom stereocenters. The molecule has 0 aliphatic heterocycles. The molecule has 0 fully saturated rings. The van der Waals surface area contributed by atoms with Crippen LogP contribution in [0.3, 0.4) is 0 Å². The van der Waals surface area contributed by atoms with Gasteiger partial charge in [0.15, 0.2) is 0 Å². The molecule has 0 aliphatic rings. The van der Waals surface area contributed by atoms with Crippen LogP contribution in [-0.4, -0.2) is 29.4 Å². The number of nitrogens with two attached hydrogens (primary N) is 1. The molecule has 0 aliphatic carbocycles. The van der Waals surface area contributed by atoms with Crippen molar-refractivity contribution in [1.29, 1.82) is 5.41 Å². The number of phenols is 1. The molecule has 4 N–H and O–H groups in total. The SMILES string of the molecule is CC(CN(C)Cc1cccc(O)c1)C(=N)N. The highest BCUT2D eigenvalue weighted by molar-refractivity contribution is 5.79. The van der Waals surface area contributed by atoms with Gasteiger partial charge >= 0.3 is 0 Å². The average Bonchev–Trinajstić information content (AvgIpc) is 2.16. The number of hydrogen-bond donors (Lipinski definition) is 3. The number of rotatable bonds is 5. The van der Waals surface area contributed by atoms with E-state index < -0.39 is 0 Å². The van der Waals surface area contributed by atoms with E-state index in [2.05, 4.69) is 4.90 Å². The molecule has 4 nitrogen and oxygen atoms in total. The number of nitrogens with one attached hydrogen (secondary N) is 1. The second-order valence-electron chi connectivity index (χ2n) is 4.22. The van der Waals surface area contributed by atoms with E-state index in [1.165, 1.54) is 0 Å². The van der Waals surface area contributed by atoms with Crippen LogP contribution in [0.5, 0.6) is 5.75 Å². The lowest BCUT2D eigenvalue weighted by Gasteiger charge is -2.20. The Balaban J connectivity index is 2.51. The molecule has 1 rings (SSSR count). The van der Waals surface area contributed by atoms with Gasteiger partial charge in [-0.15, -0.1) is 0 Å². The van der Waals surface area contributed by atoms with Gasteiger partial charge in [-0.1, -0.05) is 19.1 Å². The minimum Gasteiger partial charge on any atom is -0.508 e. The molecule has 0 radical (unpaired) electrons. The van der Waals surface area contributed by atoms with Gasteiger partial charge in [0.05, 0.1) is 5.84 Å². The summed E-state index contributed by atoms with van der Waals surface area (Å²) in [5.74, 6) is 0.551. The number of nitrogens with zero attached hydrogens (tertiary/aromatic N) is 1. The van der Waals surface area contributed by atoms with Crippen LogP contribution in [0, 0.1) is 11.3 Å². The van der Waals surface area contributed by atoms with E-state index in [0.29, 0.717) is 0 Å². The summed E-state index contributed by atoms with van der Waals surface area (Å²) in [7, 11) is 1.98. The standard InChI is InChI=1S/C12H19N3O/c1-9(12(13)14)7-15(2)8-10-4-3-5-11(16)6-10/h3-6,9,16H,7-8H2,1-2H3,(H3,13,14). The zero-order chi connectivity index (χ0) is 12.1. The van der Waals surface area contributed by atoms with E-state index in [1.807, 2.05) is 26.1 Å². The summed E-state index contributed by atoms with van der Waals surface area (Å²) < 4.78 is 0. The van der Waals surface area contributed by atoms with E-state index >= 15 is 0 Å². The van der Waals surface area contributed by atoms with Crippen LogP contribution >= 0.6 is 0 Å². The third kappa shape index (κ3) is 3.90. The van der Waals surface area contributed by atoms with Gasteiger partial charge < -0.3 is 15.7 Å². The van der Waals surface area contributed by atoms with E-state index in [4.69, 9.17) is 11.1 Å². The predicted molar refractivity (Wildman–Crippen MR) is 65.5 cm³/mol. The van der Waals surface area contributed by atoms with Gasteiger partial charge in [0.2, 0.25) is 0 Å². The first kappa shape index (κ1) is 12.5. The monoisotopic (exact) mass is 221 g/mol. The Morgan fingerprint density at radius 3 is 2.81 bits per heavy atom. The van der Waals surface area contributed by atoms with Crippen LogP contribution < -0.4 is 5.73 Å². The molecule has 88 valence electrons. The summed E-state index contributed by atoms with van der Waals surface area (Å²) in [5.41, 5.74) is 6.47. The van der Waals surface area contributed by atoms with Crippen molar-refractivity contribution >= 4 is 5.84 Å². The van der Waals surface area contributed by atoms with Gasteiger partial charge in [0.1, 0.15) is 5.75 Å². The fraction of sp³-hybridized carbons (Fsp3) is 0.417. The number of aromatic hydroxyl groups is 1.